The molecule has 4 rings (SSSR count). The molecular weight excluding hydrogens is 390 g/mol. The zero-order chi connectivity index (χ0) is 22.0. The number of ether oxygens (including phenoxy) is 2. The molecule has 0 unspecified atom stereocenters. The summed E-state index contributed by atoms with van der Waals surface area (Å²) in [6.07, 6.45) is 4.76. The standard InChI is InChI=1S/C25H29N3O3/c1-25(2,31-10-9-29)7-5-17-14-26-24-22(17)12-19(15-27-24)18-11-20-16-28(3)8-6-21(20)23(13-18)30-4/h11-15,29H,6,8-10,16H2,1-4H3,(H,26,27). The molecule has 0 aliphatic carbocycles. The number of aliphatic hydroxyl groups is 1. The SMILES string of the molecule is COc1cc(-c2cnc3[nH]cc(C#CC(C)(C)OCCO)c3c2)cc2c1CCN(C)C2. The number of aliphatic hydroxyl groups excluding tert-OH is 1. The maximum absolute atomic E-state index is 8.99. The lowest BCUT2D eigenvalue weighted by Crippen LogP contribution is -2.26. The molecule has 162 valence electrons. The van der Waals surface area contributed by atoms with E-state index in [1.807, 2.05) is 26.2 Å². The maximum Gasteiger partial charge on any atom is 0.138 e. The van der Waals surface area contributed by atoms with Crippen LogP contribution >= 0.6 is 0 Å². The fourth-order valence-corrected chi connectivity index (χ4v) is 3.97. The van der Waals surface area contributed by atoms with Gasteiger partial charge in [0.25, 0.3) is 0 Å². The molecule has 2 aromatic heterocycles. The van der Waals surface area contributed by atoms with E-state index in [2.05, 4.69) is 52.0 Å². The van der Waals surface area contributed by atoms with Gasteiger partial charge in [-0.15, -0.1) is 0 Å². The van der Waals surface area contributed by atoms with Gasteiger partial charge in [-0.2, -0.15) is 0 Å². The van der Waals surface area contributed by atoms with E-state index in [1.54, 1.807) is 7.11 Å². The lowest BCUT2D eigenvalue weighted by atomic mass is 9.94. The van der Waals surface area contributed by atoms with Gasteiger partial charge in [-0.3, -0.25) is 0 Å². The molecule has 1 aliphatic heterocycles. The summed E-state index contributed by atoms with van der Waals surface area (Å²) in [6, 6.07) is 6.48. The Kier molecular flexibility index (Phi) is 6.01. The van der Waals surface area contributed by atoms with Gasteiger partial charge in [-0.25, -0.2) is 4.98 Å². The van der Waals surface area contributed by atoms with Crippen molar-refractivity contribution in [2.45, 2.75) is 32.4 Å². The number of nitrogens with zero attached hydrogens (tertiary/aromatic N) is 2. The van der Waals surface area contributed by atoms with Crippen molar-refractivity contribution in [2.75, 3.05) is 33.9 Å². The summed E-state index contributed by atoms with van der Waals surface area (Å²) in [5.74, 6) is 7.31. The zero-order valence-corrected chi connectivity index (χ0v) is 18.6. The first-order chi connectivity index (χ1) is 14.9. The van der Waals surface area contributed by atoms with E-state index in [1.165, 1.54) is 11.1 Å². The minimum atomic E-state index is -0.644. The van der Waals surface area contributed by atoms with Crippen LogP contribution in [0.1, 0.15) is 30.5 Å². The minimum Gasteiger partial charge on any atom is -0.496 e. The first-order valence-electron chi connectivity index (χ1n) is 10.5. The van der Waals surface area contributed by atoms with E-state index in [4.69, 9.17) is 14.6 Å². The number of nitrogens with one attached hydrogen (secondary N) is 1. The van der Waals surface area contributed by atoms with E-state index in [9.17, 15) is 0 Å². The summed E-state index contributed by atoms with van der Waals surface area (Å²) in [6.45, 7) is 5.98. The fraction of sp³-hybridized carbons (Fsp3) is 0.400. The molecule has 1 aliphatic rings. The second kappa shape index (κ2) is 8.72. The first kappa shape index (κ1) is 21.4. The van der Waals surface area contributed by atoms with Gasteiger partial charge in [0.15, 0.2) is 0 Å². The van der Waals surface area contributed by atoms with Crippen LogP contribution in [0, 0.1) is 11.8 Å². The Labute approximate surface area is 183 Å². The highest BCUT2D eigenvalue weighted by atomic mass is 16.5. The second-order valence-electron chi connectivity index (χ2n) is 8.46. The Morgan fingerprint density at radius 3 is 2.87 bits per heavy atom. The van der Waals surface area contributed by atoms with Gasteiger partial charge in [-0.05, 0) is 62.2 Å². The number of hydrogen-bond donors (Lipinski definition) is 2. The molecule has 6 nitrogen and oxygen atoms in total. The molecule has 0 spiro atoms. The van der Waals surface area contributed by atoms with Crippen LogP contribution in [0.4, 0.5) is 0 Å². The molecule has 0 saturated heterocycles. The van der Waals surface area contributed by atoms with Gasteiger partial charge in [0.05, 0.1) is 25.9 Å². The molecule has 31 heavy (non-hydrogen) atoms. The smallest absolute Gasteiger partial charge is 0.138 e. The highest BCUT2D eigenvalue weighted by Crippen LogP contribution is 2.34. The average Bonchev–Trinajstić information content (AvgIpc) is 3.17. The number of benzene rings is 1. The predicted molar refractivity (Wildman–Crippen MR) is 122 cm³/mol. The molecule has 2 N–H and O–H groups in total. The lowest BCUT2D eigenvalue weighted by Gasteiger charge is -2.27. The van der Waals surface area contributed by atoms with Crippen molar-refractivity contribution in [3.8, 4) is 28.7 Å². The number of likely N-dealkylation sites (N-methyl/N-ethyl adjacent to an activating group) is 1. The molecule has 3 aromatic rings. The van der Waals surface area contributed by atoms with Crippen LogP contribution in [-0.4, -0.2) is 59.5 Å². The summed E-state index contributed by atoms with van der Waals surface area (Å²) < 4.78 is 11.3. The Balaban J connectivity index is 1.72. The summed E-state index contributed by atoms with van der Waals surface area (Å²) >= 11 is 0. The molecule has 0 fully saturated rings. The van der Waals surface area contributed by atoms with Crippen LogP contribution in [0.25, 0.3) is 22.2 Å². The average molecular weight is 420 g/mol. The number of aromatic amines is 1. The Morgan fingerprint density at radius 1 is 1.26 bits per heavy atom. The van der Waals surface area contributed by atoms with Crippen LogP contribution < -0.4 is 4.74 Å². The largest absolute Gasteiger partial charge is 0.496 e. The van der Waals surface area contributed by atoms with Crippen molar-refractivity contribution in [1.29, 1.82) is 0 Å². The molecule has 6 heteroatoms. The van der Waals surface area contributed by atoms with E-state index in [-0.39, 0.29) is 13.2 Å². The van der Waals surface area contributed by atoms with E-state index in [0.717, 1.165) is 53.0 Å². The zero-order valence-electron chi connectivity index (χ0n) is 18.6. The van der Waals surface area contributed by atoms with Gasteiger partial charge < -0.3 is 24.5 Å². The van der Waals surface area contributed by atoms with Crippen molar-refractivity contribution in [2.24, 2.45) is 0 Å². The lowest BCUT2D eigenvalue weighted by molar-refractivity contribution is 0.00604. The third-order valence-electron chi connectivity index (χ3n) is 5.62. The van der Waals surface area contributed by atoms with Crippen LogP contribution in [0.2, 0.25) is 0 Å². The summed E-state index contributed by atoms with van der Waals surface area (Å²) in [4.78, 5) is 10.1. The number of hydrogen-bond acceptors (Lipinski definition) is 5. The second-order valence-corrected chi connectivity index (χ2v) is 8.46. The Morgan fingerprint density at radius 2 is 2.10 bits per heavy atom. The molecule has 0 radical (unpaired) electrons. The normalized spacial score (nSPS) is 14.2. The number of fused-ring (bicyclic) bond motifs is 2. The molecular formula is C25H29N3O3. The summed E-state index contributed by atoms with van der Waals surface area (Å²) in [5.41, 5.74) is 5.75. The van der Waals surface area contributed by atoms with Crippen molar-refractivity contribution < 1.29 is 14.6 Å². The van der Waals surface area contributed by atoms with Gasteiger partial charge in [0.2, 0.25) is 0 Å². The van der Waals surface area contributed by atoms with E-state index in [0.29, 0.717) is 0 Å². The third kappa shape index (κ3) is 4.59. The fourth-order valence-electron chi connectivity index (χ4n) is 3.97. The number of rotatable bonds is 5. The predicted octanol–water partition coefficient (Wildman–Crippen LogP) is 3.37. The molecule has 1 aromatic carbocycles. The monoisotopic (exact) mass is 419 g/mol. The summed E-state index contributed by atoms with van der Waals surface area (Å²) in [5, 5.41) is 9.96. The molecule has 0 bridgehead atoms. The molecule has 0 atom stereocenters. The van der Waals surface area contributed by atoms with Crippen LogP contribution in [0.3, 0.4) is 0 Å². The Bertz CT molecular complexity index is 1150. The van der Waals surface area contributed by atoms with Crippen molar-refractivity contribution in [3.05, 3.63) is 47.3 Å². The van der Waals surface area contributed by atoms with Crippen molar-refractivity contribution in [1.82, 2.24) is 14.9 Å². The van der Waals surface area contributed by atoms with Gasteiger partial charge in [0, 0.05) is 36.4 Å². The van der Waals surface area contributed by atoms with Crippen LogP contribution in [0.5, 0.6) is 5.75 Å². The summed E-state index contributed by atoms with van der Waals surface area (Å²) in [7, 11) is 3.88. The highest BCUT2D eigenvalue weighted by Gasteiger charge is 2.19. The van der Waals surface area contributed by atoms with Gasteiger partial charge in [0.1, 0.15) is 17.0 Å². The third-order valence-corrected chi connectivity index (χ3v) is 5.62. The quantitative estimate of drug-likeness (QED) is 0.621. The van der Waals surface area contributed by atoms with Crippen LogP contribution in [0.15, 0.2) is 30.6 Å². The van der Waals surface area contributed by atoms with Gasteiger partial charge >= 0.3 is 0 Å². The number of methoxy groups -OCH3 is 1. The highest BCUT2D eigenvalue weighted by molar-refractivity contribution is 5.87. The number of pyridine rings is 1. The molecule has 0 amide bonds. The van der Waals surface area contributed by atoms with E-state index >= 15 is 0 Å². The van der Waals surface area contributed by atoms with E-state index < -0.39 is 5.60 Å². The number of aromatic nitrogens is 2. The maximum atomic E-state index is 8.99. The van der Waals surface area contributed by atoms with Crippen molar-refractivity contribution >= 4 is 11.0 Å². The molecule has 3 heterocycles. The topological polar surface area (TPSA) is 70.6 Å². The molecule has 0 saturated carbocycles. The van der Waals surface area contributed by atoms with Crippen molar-refractivity contribution in [3.63, 3.8) is 0 Å². The van der Waals surface area contributed by atoms with Crippen LogP contribution in [-0.2, 0) is 17.7 Å². The number of H-pyrrole nitrogens is 1. The minimum absolute atomic E-state index is 0.0223. The Hall–Kier alpha value is -2.85. The van der Waals surface area contributed by atoms with Gasteiger partial charge in [-0.1, -0.05) is 11.8 Å². The first-order valence-corrected chi connectivity index (χ1v) is 10.5.